The first-order valence-electron chi connectivity index (χ1n) is 8.24. The second kappa shape index (κ2) is 6.64. The van der Waals surface area contributed by atoms with Crippen LogP contribution in [0.15, 0.2) is 48.5 Å². The number of rotatable bonds is 4. The summed E-state index contributed by atoms with van der Waals surface area (Å²) in [6.45, 7) is 1.16. The molecule has 6 heteroatoms. The topological polar surface area (TPSA) is 62.3 Å². The number of carbonyl (C=O) groups is 2. The zero-order valence-corrected chi connectivity index (χ0v) is 14.4. The van der Waals surface area contributed by atoms with Gasteiger partial charge >= 0.3 is 0 Å². The van der Waals surface area contributed by atoms with Crippen molar-refractivity contribution in [1.29, 1.82) is 0 Å². The lowest BCUT2D eigenvalue weighted by molar-refractivity contribution is -0.117. The lowest BCUT2D eigenvalue weighted by Gasteiger charge is -2.15. The third-order valence-corrected chi connectivity index (χ3v) is 5.29. The Morgan fingerprint density at radius 3 is 2.68 bits per heavy atom. The number of carbonyl (C=O) groups excluding carboxylic acids is 2. The van der Waals surface area contributed by atoms with Crippen molar-refractivity contribution in [3.05, 3.63) is 59.1 Å². The second-order valence-corrected chi connectivity index (χ2v) is 7.07. The Hall–Kier alpha value is -2.73. The summed E-state index contributed by atoms with van der Waals surface area (Å²) in [5.74, 6) is 0.00610. The van der Waals surface area contributed by atoms with E-state index < -0.39 is 0 Å². The van der Waals surface area contributed by atoms with Gasteiger partial charge < -0.3 is 10.2 Å². The lowest BCUT2D eigenvalue weighted by Crippen LogP contribution is -2.24. The molecule has 0 atom stereocenters. The summed E-state index contributed by atoms with van der Waals surface area (Å²) in [4.78, 5) is 30.4. The molecule has 0 unspecified atom stereocenters. The monoisotopic (exact) mass is 351 g/mol. The van der Waals surface area contributed by atoms with Gasteiger partial charge in [0.2, 0.25) is 5.91 Å². The van der Waals surface area contributed by atoms with Crippen molar-refractivity contribution < 1.29 is 9.59 Å². The van der Waals surface area contributed by atoms with Crippen LogP contribution in [0.4, 0.5) is 5.69 Å². The van der Waals surface area contributed by atoms with Crippen LogP contribution in [-0.4, -0.2) is 23.3 Å². The Kier molecular flexibility index (Phi) is 4.19. The highest BCUT2D eigenvalue weighted by Crippen LogP contribution is 2.23. The summed E-state index contributed by atoms with van der Waals surface area (Å²) in [7, 11) is 0. The highest BCUT2D eigenvalue weighted by molar-refractivity contribution is 7.18. The summed E-state index contributed by atoms with van der Waals surface area (Å²) < 4.78 is 1.12. The van der Waals surface area contributed by atoms with E-state index in [0.29, 0.717) is 18.5 Å². The lowest BCUT2D eigenvalue weighted by atomic mass is 10.2. The van der Waals surface area contributed by atoms with Gasteiger partial charge in [0, 0.05) is 24.2 Å². The molecule has 0 radical (unpaired) electrons. The van der Waals surface area contributed by atoms with Gasteiger partial charge in [-0.1, -0.05) is 12.1 Å². The normalized spacial score (nSPS) is 14.2. The first-order valence-corrected chi connectivity index (χ1v) is 9.05. The summed E-state index contributed by atoms with van der Waals surface area (Å²) in [5.41, 5.74) is 2.39. The van der Waals surface area contributed by atoms with E-state index in [4.69, 9.17) is 0 Å². The fourth-order valence-corrected chi connectivity index (χ4v) is 3.87. The summed E-state index contributed by atoms with van der Waals surface area (Å²) >= 11 is 1.58. The average molecular weight is 351 g/mol. The number of anilines is 1. The average Bonchev–Trinajstić information content (AvgIpc) is 3.25. The number of thiazole rings is 1. The number of para-hydroxylation sites is 1. The molecule has 1 aromatic heterocycles. The molecule has 1 aliphatic heterocycles. The van der Waals surface area contributed by atoms with Crippen LogP contribution in [-0.2, 0) is 11.3 Å². The molecule has 25 heavy (non-hydrogen) atoms. The molecule has 1 N–H and O–H groups in total. The van der Waals surface area contributed by atoms with Gasteiger partial charge in [-0.3, -0.25) is 9.59 Å². The van der Waals surface area contributed by atoms with Crippen molar-refractivity contribution in [2.75, 3.05) is 11.4 Å². The molecule has 4 rings (SSSR count). The van der Waals surface area contributed by atoms with E-state index in [2.05, 4.69) is 10.3 Å². The van der Waals surface area contributed by atoms with Gasteiger partial charge in [0.1, 0.15) is 5.01 Å². The zero-order valence-electron chi connectivity index (χ0n) is 13.6. The number of hydrogen-bond acceptors (Lipinski definition) is 4. The molecule has 1 aliphatic rings. The van der Waals surface area contributed by atoms with Crippen LogP contribution in [0.25, 0.3) is 10.2 Å². The molecule has 1 fully saturated rings. The molecule has 3 aromatic rings. The van der Waals surface area contributed by atoms with Gasteiger partial charge in [-0.05, 0) is 42.8 Å². The van der Waals surface area contributed by atoms with E-state index in [1.807, 2.05) is 36.4 Å². The van der Waals surface area contributed by atoms with Gasteiger partial charge in [-0.2, -0.15) is 0 Å². The number of nitrogens with one attached hydrogen (secondary N) is 1. The Morgan fingerprint density at radius 1 is 1.16 bits per heavy atom. The molecule has 0 spiro atoms. The highest BCUT2D eigenvalue weighted by atomic mass is 32.1. The second-order valence-electron chi connectivity index (χ2n) is 5.95. The van der Waals surface area contributed by atoms with E-state index in [0.717, 1.165) is 33.9 Å². The largest absolute Gasteiger partial charge is 0.346 e. The Bertz CT molecular complexity index is 900. The first-order chi connectivity index (χ1) is 12.2. The molecule has 0 aliphatic carbocycles. The van der Waals surface area contributed by atoms with Crippen LogP contribution >= 0.6 is 11.3 Å². The van der Waals surface area contributed by atoms with Crippen molar-refractivity contribution in [3.8, 4) is 0 Å². The van der Waals surface area contributed by atoms with E-state index in [9.17, 15) is 9.59 Å². The Labute approximate surface area is 149 Å². The number of hydrogen-bond donors (Lipinski definition) is 1. The zero-order chi connectivity index (χ0) is 17.2. The maximum atomic E-state index is 12.3. The standard InChI is InChI=1S/C19H17N3O2S/c23-18-6-3-11-22(18)14-9-7-13(8-10-14)19(24)20-12-17-21-15-4-1-2-5-16(15)25-17/h1-2,4-5,7-10H,3,6,11-12H2,(H,20,24). The molecular formula is C19H17N3O2S. The van der Waals surface area contributed by atoms with Crippen LogP contribution in [0.5, 0.6) is 0 Å². The van der Waals surface area contributed by atoms with E-state index in [-0.39, 0.29) is 11.8 Å². The number of aromatic nitrogens is 1. The summed E-state index contributed by atoms with van der Waals surface area (Å²) in [6.07, 6.45) is 1.49. The molecule has 2 heterocycles. The van der Waals surface area contributed by atoms with Crippen molar-refractivity contribution in [2.45, 2.75) is 19.4 Å². The van der Waals surface area contributed by atoms with E-state index >= 15 is 0 Å². The van der Waals surface area contributed by atoms with Gasteiger partial charge in [-0.15, -0.1) is 11.3 Å². The molecule has 5 nitrogen and oxygen atoms in total. The molecule has 1 saturated heterocycles. The van der Waals surface area contributed by atoms with Crippen molar-refractivity contribution in [3.63, 3.8) is 0 Å². The Balaban J connectivity index is 1.41. The van der Waals surface area contributed by atoms with Gasteiger partial charge in [-0.25, -0.2) is 4.98 Å². The fraction of sp³-hybridized carbons (Fsp3) is 0.211. The minimum absolute atomic E-state index is 0.140. The predicted molar refractivity (Wildman–Crippen MR) is 98.8 cm³/mol. The van der Waals surface area contributed by atoms with Crippen molar-refractivity contribution >= 4 is 39.1 Å². The molecule has 2 aromatic carbocycles. The number of nitrogens with zero attached hydrogens (tertiary/aromatic N) is 2. The summed E-state index contributed by atoms with van der Waals surface area (Å²) in [5, 5.41) is 3.79. The van der Waals surface area contributed by atoms with Crippen LogP contribution < -0.4 is 10.2 Å². The van der Waals surface area contributed by atoms with Gasteiger partial charge in [0.25, 0.3) is 5.91 Å². The van der Waals surface area contributed by atoms with Crippen LogP contribution in [0.3, 0.4) is 0 Å². The van der Waals surface area contributed by atoms with E-state index in [1.165, 1.54) is 0 Å². The maximum absolute atomic E-state index is 12.3. The maximum Gasteiger partial charge on any atom is 0.251 e. The molecule has 2 amide bonds. The molecule has 0 bridgehead atoms. The smallest absolute Gasteiger partial charge is 0.251 e. The van der Waals surface area contributed by atoms with Crippen molar-refractivity contribution in [1.82, 2.24) is 10.3 Å². The SMILES string of the molecule is O=C(NCc1nc2ccccc2s1)c1ccc(N2CCCC2=O)cc1. The number of amides is 2. The third kappa shape index (κ3) is 3.25. The first kappa shape index (κ1) is 15.8. The minimum Gasteiger partial charge on any atom is -0.346 e. The van der Waals surface area contributed by atoms with Crippen LogP contribution in [0, 0.1) is 0 Å². The van der Waals surface area contributed by atoms with Crippen LogP contribution in [0.2, 0.25) is 0 Å². The highest BCUT2D eigenvalue weighted by Gasteiger charge is 2.21. The Morgan fingerprint density at radius 2 is 1.96 bits per heavy atom. The third-order valence-electron chi connectivity index (χ3n) is 4.25. The quantitative estimate of drug-likeness (QED) is 0.784. The van der Waals surface area contributed by atoms with Crippen molar-refractivity contribution in [2.24, 2.45) is 0 Å². The van der Waals surface area contributed by atoms with E-state index in [1.54, 1.807) is 28.4 Å². The molecular weight excluding hydrogens is 334 g/mol. The minimum atomic E-state index is -0.140. The van der Waals surface area contributed by atoms with Gasteiger partial charge in [0.15, 0.2) is 0 Å². The van der Waals surface area contributed by atoms with Crippen LogP contribution in [0.1, 0.15) is 28.2 Å². The van der Waals surface area contributed by atoms with Gasteiger partial charge in [0.05, 0.1) is 16.8 Å². The number of benzene rings is 2. The molecule has 126 valence electrons. The molecule has 0 saturated carbocycles. The summed E-state index contributed by atoms with van der Waals surface area (Å²) in [6, 6.07) is 15.1. The fourth-order valence-electron chi connectivity index (χ4n) is 2.97. The number of fused-ring (bicyclic) bond motifs is 1. The predicted octanol–water partition coefficient (Wildman–Crippen LogP) is 3.35.